The van der Waals surface area contributed by atoms with Crippen LogP contribution in [0.25, 0.3) is 0 Å². The fourth-order valence-corrected chi connectivity index (χ4v) is 1.20. The van der Waals surface area contributed by atoms with E-state index in [0.717, 1.165) is 5.56 Å². The molecule has 0 aliphatic heterocycles. The second-order valence-corrected chi connectivity index (χ2v) is 3.94. The van der Waals surface area contributed by atoms with Gasteiger partial charge in [-0.05, 0) is 30.0 Å². The molecule has 0 bridgehead atoms. The summed E-state index contributed by atoms with van der Waals surface area (Å²) in [5, 5.41) is 8.70. The van der Waals surface area contributed by atoms with Crippen LogP contribution in [0.15, 0.2) is 18.2 Å². The summed E-state index contributed by atoms with van der Waals surface area (Å²) in [7, 11) is 0. The zero-order chi connectivity index (χ0) is 11.3. The van der Waals surface area contributed by atoms with Crippen LogP contribution in [0.3, 0.4) is 0 Å². The summed E-state index contributed by atoms with van der Waals surface area (Å²) in [6.45, 7) is 4.57. The van der Waals surface area contributed by atoms with Gasteiger partial charge in [0.05, 0.1) is 6.61 Å². The Bertz CT molecular complexity index is 310. The monoisotopic (exact) mass is 212 g/mol. The summed E-state index contributed by atoms with van der Waals surface area (Å²) in [4.78, 5) is 0. The first kappa shape index (κ1) is 12.0. The van der Waals surface area contributed by atoms with Gasteiger partial charge in [-0.3, -0.25) is 0 Å². The lowest BCUT2D eigenvalue weighted by molar-refractivity contribution is 0.259. The summed E-state index contributed by atoms with van der Waals surface area (Å²) in [5.41, 5.74) is 0.784. The average molecular weight is 212 g/mol. The van der Waals surface area contributed by atoms with Crippen LogP contribution in [0.2, 0.25) is 0 Å². The van der Waals surface area contributed by atoms with Crippen molar-refractivity contribution in [3.63, 3.8) is 0 Å². The van der Waals surface area contributed by atoms with Crippen molar-refractivity contribution < 1.29 is 14.2 Å². The van der Waals surface area contributed by atoms with Gasteiger partial charge in [0.25, 0.3) is 0 Å². The van der Waals surface area contributed by atoms with E-state index in [2.05, 4.69) is 0 Å². The number of hydrogen-bond acceptors (Lipinski definition) is 2. The maximum Gasteiger partial charge on any atom is 0.165 e. The Kier molecular flexibility index (Phi) is 4.56. The van der Waals surface area contributed by atoms with E-state index in [0.29, 0.717) is 18.9 Å². The summed E-state index contributed by atoms with van der Waals surface area (Å²) in [6.07, 6.45) is 0.474. The first-order valence-electron chi connectivity index (χ1n) is 5.15. The molecule has 84 valence electrons. The van der Waals surface area contributed by atoms with Crippen LogP contribution >= 0.6 is 0 Å². The quantitative estimate of drug-likeness (QED) is 0.812. The molecule has 0 aromatic heterocycles. The third-order valence-electron chi connectivity index (χ3n) is 1.97. The lowest BCUT2D eigenvalue weighted by atomic mass is 10.1. The molecule has 0 fully saturated rings. The predicted molar refractivity (Wildman–Crippen MR) is 57.5 cm³/mol. The Balaban J connectivity index is 2.66. The summed E-state index contributed by atoms with van der Waals surface area (Å²) >= 11 is 0. The molecule has 0 aliphatic carbocycles. The van der Waals surface area contributed by atoms with Crippen molar-refractivity contribution >= 4 is 0 Å². The molecule has 0 radical (unpaired) electrons. The van der Waals surface area contributed by atoms with Crippen molar-refractivity contribution in [3.8, 4) is 5.75 Å². The van der Waals surface area contributed by atoms with E-state index < -0.39 is 0 Å². The lowest BCUT2D eigenvalue weighted by Crippen LogP contribution is -2.06. The van der Waals surface area contributed by atoms with Crippen molar-refractivity contribution in [2.75, 3.05) is 13.2 Å². The van der Waals surface area contributed by atoms with E-state index in [1.165, 1.54) is 6.07 Å². The molecule has 0 spiro atoms. The Labute approximate surface area is 89.7 Å². The number of hydrogen-bond donors (Lipinski definition) is 1. The normalized spacial score (nSPS) is 10.7. The number of aliphatic hydroxyl groups excluding tert-OH is 1. The minimum atomic E-state index is -0.360. The fraction of sp³-hybridized carbons (Fsp3) is 0.500. The number of aliphatic hydroxyl groups is 1. The van der Waals surface area contributed by atoms with E-state index in [4.69, 9.17) is 9.84 Å². The Morgan fingerprint density at radius 3 is 2.67 bits per heavy atom. The van der Waals surface area contributed by atoms with Crippen molar-refractivity contribution in [1.82, 2.24) is 0 Å². The molecule has 0 saturated carbocycles. The molecule has 1 aromatic carbocycles. The number of rotatable bonds is 5. The van der Waals surface area contributed by atoms with Crippen molar-refractivity contribution in [2.24, 2.45) is 5.92 Å². The van der Waals surface area contributed by atoms with Gasteiger partial charge in [-0.1, -0.05) is 19.9 Å². The Morgan fingerprint density at radius 2 is 2.13 bits per heavy atom. The van der Waals surface area contributed by atoms with Gasteiger partial charge in [0, 0.05) is 6.61 Å². The molecule has 1 rings (SSSR count). The molecule has 0 saturated heterocycles. The van der Waals surface area contributed by atoms with E-state index in [9.17, 15) is 4.39 Å². The topological polar surface area (TPSA) is 29.5 Å². The zero-order valence-electron chi connectivity index (χ0n) is 9.16. The van der Waals surface area contributed by atoms with Crippen LogP contribution in [0.4, 0.5) is 4.39 Å². The summed E-state index contributed by atoms with van der Waals surface area (Å²) < 4.78 is 18.7. The fourth-order valence-electron chi connectivity index (χ4n) is 1.20. The molecule has 1 aromatic rings. The molecule has 15 heavy (non-hydrogen) atoms. The first-order valence-corrected chi connectivity index (χ1v) is 5.15. The molecule has 0 unspecified atom stereocenters. The van der Waals surface area contributed by atoms with E-state index in [-0.39, 0.29) is 18.2 Å². The molecule has 3 heteroatoms. The average Bonchev–Trinajstić information content (AvgIpc) is 2.17. The molecule has 0 atom stereocenters. The highest BCUT2D eigenvalue weighted by atomic mass is 19.1. The number of halogens is 1. The number of ether oxygens (including phenoxy) is 1. The van der Waals surface area contributed by atoms with Gasteiger partial charge >= 0.3 is 0 Å². The second-order valence-electron chi connectivity index (χ2n) is 3.94. The molecular formula is C12H17FO2. The highest BCUT2D eigenvalue weighted by molar-refractivity contribution is 5.29. The van der Waals surface area contributed by atoms with E-state index in [1.807, 2.05) is 13.8 Å². The maximum atomic E-state index is 13.4. The Morgan fingerprint density at radius 1 is 1.40 bits per heavy atom. The van der Waals surface area contributed by atoms with Crippen LogP contribution < -0.4 is 4.74 Å². The minimum absolute atomic E-state index is 0.0334. The molecular weight excluding hydrogens is 195 g/mol. The van der Waals surface area contributed by atoms with Crippen LogP contribution in [0.1, 0.15) is 19.4 Å². The Hall–Kier alpha value is -1.09. The zero-order valence-corrected chi connectivity index (χ0v) is 9.16. The molecule has 2 nitrogen and oxygen atoms in total. The van der Waals surface area contributed by atoms with E-state index in [1.54, 1.807) is 12.1 Å². The van der Waals surface area contributed by atoms with Crippen LogP contribution in [0.5, 0.6) is 5.75 Å². The predicted octanol–water partition coefficient (Wildman–Crippen LogP) is 2.40. The molecule has 0 aliphatic rings. The molecule has 0 amide bonds. The highest BCUT2D eigenvalue weighted by Crippen LogP contribution is 2.19. The van der Waals surface area contributed by atoms with Crippen molar-refractivity contribution in [2.45, 2.75) is 20.3 Å². The summed E-state index contributed by atoms with van der Waals surface area (Å²) in [6, 6.07) is 4.80. The van der Waals surface area contributed by atoms with Gasteiger partial charge in [0.2, 0.25) is 0 Å². The molecule has 0 heterocycles. The summed E-state index contributed by atoms with van der Waals surface area (Å²) in [5.74, 6) is 0.300. The third kappa shape index (κ3) is 3.88. The highest BCUT2D eigenvalue weighted by Gasteiger charge is 2.05. The van der Waals surface area contributed by atoms with Crippen molar-refractivity contribution in [3.05, 3.63) is 29.6 Å². The number of benzene rings is 1. The second kappa shape index (κ2) is 5.71. The third-order valence-corrected chi connectivity index (χ3v) is 1.97. The van der Waals surface area contributed by atoms with Gasteiger partial charge < -0.3 is 9.84 Å². The first-order chi connectivity index (χ1) is 7.13. The lowest BCUT2D eigenvalue weighted by Gasteiger charge is -2.10. The minimum Gasteiger partial charge on any atom is -0.490 e. The standard InChI is InChI=1S/C12H17FO2/c1-9(2)8-15-12-4-3-10(5-6-14)7-11(12)13/h3-4,7,9,14H,5-6,8H2,1-2H3. The van der Waals surface area contributed by atoms with Gasteiger partial charge in [0.1, 0.15) is 0 Å². The van der Waals surface area contributed by atoms with E-state index >= 15 is 0 Å². The smallest absolute Gasteiger partial charge is 0.165 e. The van der Waals surface area contributed by atoms with Crippen molar-refractivity contribution in [1.29, 1.82) is 0 Å². The largest absolute Gasteiger partial charge is 0.490 e. The van der Waals surface area contributed by atoms with Gasteiger partial charge in [0.15, 0.2) is 11.6 Å². The van der Waals surface area contributed by atoms with Crippen LogP contribution in [-0.2, 0) is 6.42 Å². The van der Waals surface area contributed by atoms with Gasteiger partial charge in [-0.25, -0.2) is 4.39 Å². The maximum absolute atomic E-state index is 13.4. The molecule has 1 N–H and O–H groups in total. The van der Waals surface area contributed by atoms with Gasteiger partial charge in [-0.2, -0.15) is 0 Å². The SMILES string of the molecule is CC(C)COc1ccc(CCO)cc1F. The van der Waals surface area contributed by atoms with Crippen LogP contribution in [-0.4, -0.2) is 18.3 Å². The van der Waals surface area contributed by atoms with Gasteiger partial charge in [-0.15, -0.1) is 0 Å². The van der Waals surface area contributed by atoms with Crippen LogP contribution in [0, 0.1) is 11.7 Å².